The number of aromatic amines is 1. The number of imidazole rings is 1. The van der Waals surface area contributed by atoms with Crippen LogP contribution in [0.1, 0.15) is 45.2 Å². The van der Waals surface area contributed by atoms with Gasteiger partial charge in [0, 0.05) is 18.3 Å². The van der Waals surface area contributed by atoms with E-state index in [-0.39, 0.29) is 12.1 Å². The third-order valence-corrected chi connectivity index (χ3v) is 3.87. The smallest absolute Gasteiger partial charge is 0.323 e. The van der Waals surface area contributed by atoms with Crippen molar-refractivity contribution >= 4 is 5.97 Å². The molecule has 1 aromatic heterocycles. The first-order valence-electron chi connectivity index (χ1n) is 6.90. The molecule has 5 heteroatoms. The molecule has 0 amide bonds. The van der Waals surface area contributed by atoms with Gasteiger partial charge >= 0.3 is 5.97 Å². The lowest BCUT2D eigenvalue weighted by atomic mass is 9.76. The molecule has 1 aromatic rings. The number of carbonyl (C=O) groups is 1. The number of hydrogen-bond donors (Lipinski definition) is 2. The molecule has 2 rings (SSSR count). The Hall–Kier alpha value is -1.36. The van der Waals surface area contributed by atoms with Crippen LogP contribution in [0.5, 0.6) is 0 Å². The van der Waals surface area contributed by atoms with Crippen molar-refractivity contribution in [3.05, 3.63) is 18.2 Å². The van der Waals surface area contributed by atoms with Crippen LogP contribution in [0, 0.1) is 5.41 Å². The van der Waals surface area contributed by atoms with Crippen LogP contribution in [0.2, 0.25) is 0 Å². The van der Waals surface area contributed by atoms with Crippen molar-refractivity contribution in [1.82, 2.24) is 9.97 Å². The Kier molecular flexibility index (Phi) is 4.24. The highest BCUT2D eigenvalue weighted by molar-refractivity contribution is 5.76. The molecule has 0 aromatic carbocycles. The minimum atomic E-state index is -0.615. The van der Waals surface area contributed by atoms with Crippen molar-refractivity contribution in [2.45, 2.75) is 58.1 Å². The van der Waals surface area contributed by atoms with E-state index in [2.05, 4.69) is 23.8 Å². The molecule has 1 saturated carbocycles. The van der Waals surface area contributed by atoms with Crippen molar-refractivity contribution in [3.8, 4) is 0 Å². The topological polar surface area (TPSA) is 81.0 Å². The molecule has 19 heavy (non-hydrogen) atoms. The zero-order valence-corrected chi connectivity index (χ0v) is 11.7. The molecular weight excluding hydrogens is 242 g/mol. The molecule has 1 aliphatic rings. The van der Waals surface area contributed by atoms with Gasteiger partial charge in [0.25, 0.3) is 0 Å². The fourth-order valence-corrected chi connectivity index (χ4v) is 2.46. The van der Waals surface area contributed by atoms with Gasteiger partial charge in [-0.25, -0.2) is 4.98 Å². The molecule has 1 atom stereocenters. The first kappa shape index (κ1) is 14.1. The molecular formula is C14H23N3O2. The zero-order chi connectivity index (χ0) is 13.9. The van der Waals surface area contributed by atoms with E-state index in [0.717, 1.165) is 31.4 Å². The lowest BCUT2D eigenvalue weighted by molar-refractivity contribution is -0.153. The fraction of sp³-hybridized carbons (Fsp3) is 0.714. The summed E-state index contributed by atoms with van der Waals surface area (Å²) in [5.74, 6) is -0.306. The summed E-state index contributed by atoms with van der Waals surface area (Å²) in [6.07, 6.45) is 7.81. The maximum atomic E-state index is 11.9. The lowest BCUT2D eigenvalue weighted by Gasteiger charge is -2.34. The van der Waals surface area contributed by atoms with E-state index < -0.39 is 6.04 Å². The number of nitrogens with two attached hydrogens (primary N) is 1. The highest BCUT2D eigenvalue weighted by atomic mass is 16.5. The van der Waals surface area contributed by atoms with E-state index in [4.69, 9.17) is 10.5 Å². The molecule has 106 valence electrons. The molecule has 0 bridgehead atoms. The largest absolute Gasteiger partial charge is 0.461 e. The summed E-state index contributed by atoms with van der Waals surface area (Å²) in [5, 5.41) is 0. The SMILES string of the molecule is CC1(C)CCC(OC(=O)C(N)Cc2cnc[nH]2)CC1. The Labute approximate surface area is 113 Å². The highest BCUT2D eigenvalue weighted by Crippen LogP contribution is 2.36. The van der Waals surface area contributed by atoms with Crippen LogP contribution in [0.25, 0.3) is 0 Å². The van der Waals surface area contributed by atoms with Gasteiger partial charge in [0.15, 0.2) is 0 Å². The number of nitrogens with zero attached hydrogens (tertiary/aromatic N) is 1. The number of rotatable bonds is 4. The quantitative estimate of drug-likeness (QED) is 0.813. The predicted molar refractivity (Wildman–Crippen MR) is 72.4 cm³/mol. The molecule has 5 nitrogen and oxygen atoms in total. The second kappa shape index (κ2) is 5.74. The Morgan fingerprint density at radius 2 is 2.26 bits per heavy atom. The molecule has 1 heterocycles. The average molecular weight is 265 g/mol. The zero-order valence-electron chi connectivity index (χ0n) is 11.7. The van der Waals surface area contributed by atoms with E-state index in [0.29, 0.717) is 11.8 Å². The second-order valence-corrected chi connectivity index (χ2v) is 6.19. The van der Waals surface area contributed by atoms with Crippen LogP contribution in [0.15, 0.2) is 12.5 Å². The average Bonchev–Trinajstić information content (AvgIpc) is 2.84. The number of carbonyl (C=O) groups excluding carboxylic acids is 1. The van der Waals surface area contributed by atoms with Crippen molar-refractivity contribution < 1.29 is 9.53 Å². The molecule has 1 unspecified atom stereocenters. The molecule has 3 N–H and O–H groups in total. The number of ether oxygens (including phenoxy) is 1. The van der Waals surface area contributed by atoms with Crippen molar-refractivity contribution in [2.24, 2.45) is 11.1 Å². The molecule has 1 aliphatic carbocycles. The third kappa shape index (κ3) is 4.06. The van der Waals surface area contributed by atoms with Crippen molar-refractivity contribution in [3.63, 3.8) is 0 Å². The summed E-state index contributed by atoms with van der Waals surface area (Å²) in [7, 11) is 0. The number of H-pyrrole nitrogens is 1. The third-order valence-electron chi connectivity index (χ3n) is 3.87. The van der Waals surface area contributed by atoms with Crippen LogP contribution < -0.4 is 5.73 Å². The van der Waals surface area contributed by atoms with Gasteiger partial charge in [0.05, 0.1) is 6.33 Å². The molecule has 0 saturated heterocycles. The van der Waals surface area contributed by atoms with Gasteiger partial charge in [-0.2, -0.15) is 0 Å². The summed E-state index contributed by atoms with van der Waals surface area (Å²) in [6.45, 7) is 4.52. The highest BCUT2D eigenvalue weighted by Gasteiger charge is 2.30. The number of nitrogens with one attached hydrogen (secondary N) is 1. The molecule has 1 fully saturated rings. The Balaban J connectivity index is 1.78. The minimum absolute atomic E-state index is 0.0355. The van der Waals surface area contributed by atoms with Gasteiger partial charge in [-0.1, -0.05) is 13.8 Å². The monoisotopic (exact) mass is 265 g/mol. The van der Waals surface area contributed by atoms with Crippen molar-refractivity contribution in [2.75, 3.05) is 0 Å². The summed E-state index contributed by atoms with van der Waals surface area (Å²) in [4.78, 5) is 18.8. The predicted octanol–water partition coefficient (Wildman–Crippen LogP) is 1.79. The normalized spacial score (nSPS) is 21.0. The van der Waals surface area contributed by atoms with Gasteiger partial charge < -0.3 is 15.5 Å². The Morgan fingerprint density at radius 1 is 1.58 bits per heavy atom. The second-order valence-electron chi connectivity index (χ2n) is 6.19. The number of esters is 1. The summed E-state index contributed by atoms with van der Waals surface area (Å²) in [5.41, 5.74) is 7.09. The van der Waals surface area contributed by atoms with E-state index in [1.807, 2.05) is 0 Å². The van der Waals surface area contributed by atoms with Crippen LogP contribution >= 0.6 is 0 Å². The van der Waals surface area contributed by atoms with E-state index in [9.17, 15) is 4.79 Å². The minimum Gasteiger partial charge on any atom is -0.461 e. The summed E-state index contributed by atoms with van der Waals surface area (Å²) in [6, 6.07) is -0.615. The molecule has 0 spiro atoms. The Morgan fingerprint density at radius 3 is 2.84 bits per heavy atom. The van der Waals surface area contributed by atoms with Gasteiger partial charge in [-0.05, 0) is 31.1 Å². The van der Waals surface area contributed by atoms with Gasteiger partial charge in [0.1, 0.15) is 12.1 Å². The van der Waals surface area contributed by atoms with E-state index in [1.54, 1.807) is 12.5 Å². The van der Waals surface area contributed by atoms with Gasteiger partial charge in [-0.3, -0.25) is 4.79 Å². The van der Waals surface area contributed by atoms with E-state index in [1.165, 1.54) is 0 Å². The number of aromatic nitrogens is 2. The number of hydrogen-bond acceptors (Lipinski definition) is 4. The standard InChI is InChI=1S/C14H23N3O2/c1-14(2)5-3-11(4-6-14)19-13(18)12(15)7-10-8-16-9-17-10/h8-9,11-12H,3-7,15H2,1-2H3,(H,16,17). The maximum Gasteiger partial charge on any atom is 0.323 e. The van der Waals surface area contributed by atoms with Crippen molar-refractivity contribution in [1.29, 1.82) is 0 Å². The fourth-order valence-electron chi connectivity index (χ4n) is 2.46. The lowest BCUT2D eigenvalue weighted by Crippen LogP contribution is -2.38. The van der Waals surface area contributed by atoms with Gasteiger partial charge in [-0.15, -0.1) is 0 Å². The molecule has 0 radical (unpaired) electrons. The van der Waals surface area contributed by atoms with E-state index >= 15 is 0 Å². The van der Waals surface area contributed by atoms with Crippen LogP contribution in [0.3, 0.4) is 0 Å². The van der Waals surface area contributed by atoms with Gasteiger partial charge in [0.2, 0.25) is 0 Å². The first-order chi connectivity index (χ1) is 8.96. The summed E-state index contributed by atoms with van der Waals surface area (Å²) < 4.78 is 5.50. The Bertz CT molecular complexity index is 404. The van der Waals surface area contributed by atoms with Crippen LogP contribution in [0.4, 0.5) is 0 Å². The molecule has 0 aliphatic heterocycles. The van der Waals surface area contributed by atoms with Crippen LogP contribution in [-0.2, 0) is 16.0 Å². The van der Waals surface area contributed by atoms with Crippen LogP contribution in [-0.4, -0.2) is 28.1 Å². The first-order valence-corrected chi connectivity index (χ1v) is 6.90. The summed E-state index contributed by atoms with van der Waals surface area (Å²) >= 11 is 0. The maximum absolute atomic E-state index is 11.9.